The van der Waals surface area contributed by atoms with Gasteiger partial charge in [0.2, 0.25) is 5.91 Å². The van der Waals surface area contributed by atoms with Crippen molar-refractivity contribution in [2.24, 2.45) is 4.99 Å². The van der Waals surface area contributed by atoms with Crippen LogP contribution >= 0.6 is 0 Å². The summed E-state index contributed by atoms with van der Waals surface area (Å²) >= 11 is 0. The molecule has 5 rings (SSSR count). The van der Waals surface area contributed by atoms with Crippen LogP contribution < -0.4 is 5.32 Å². The van der Waals surface area contributed by atoms with Crippen LogP contribution in [-0.2, 0) is 26.0 Å². The average molecular weight is 486 g/mol. The van der Waals surface area contributed by atoms with Crippen molar-refractivity contribution in [1.82, 2.24) is 9.88 Å². The van der Waals surface area contributed by atoms with Gasteiger partial charge in [0.1, 0.15) is 11.6 Å². The Bertz CT molecular complexity index is 1540. The number of aromatic nitrogens is 1. The lowest BCUT2D eigenvalue weighted by atomic mass is 9.95. The van der Waals surface area contributed by atoms with Gasteiger partial charge in [-0.15, -0.1) is 0 Å². The third-order valence-corrected chi connectivity index (χ3v) is 7.87. The predicted molar refractivity (Wildman–Crippen MR) is 134 cm³/mol. The number of aliphatic imine (C=N–C) groups is 1. The van der Waals surface area contributed by atoms with E-state index in [-0.39, 0.29) is 11.5 Å². The highest BCUT2D eigenvalue weighted by atomic mass is 32.2. The minimum atomic E-state index is -3.39. The topological polar surface area (TPSA) is 97.6 Å². The third kappa shape index (κ3) is 4.52. The zero-order valence-electron chi connectivity index (χ0n) is 18.8. The van der Waals surface area contributed by atoms with Gasteiger partial charge in [-0.3, -0.25) is 14.9 Å². The number of hydrogen-bond donors (Lipinski definition) is 1. The number of para-hydroxylation sites is 2. The van der Waals surface area contributed by atoms with Gasteiger partial charge in [0, 0.05) is 23.6 Å². The summed E-state index contributed by atoms with van der Waals surface area (Å²) in [5.74, 6) is -1.77. The maximum Gasteiger partial charge on any atom is 0.273 e. The van der Waals surface area contributed by atoms with Crippen LogP contribution in [0.5, 0.6) is 0 Å². The van der Waals surface area contributed by atoms with Crippen LogP contribution in [0.25, 0.3) is 10.9 Å². The summed E-state index contributed by atoms with van der Waals surface area (Å²) < 4.78 is 27.3. The summed E-state index contributed by atoms with van der Waals surface area (Å²) in [6.07, 6.45) is 2.24. The molecule has 1 N–H and O–H groups in total. The van der Waals surface area contributed by atoms with Gasteiger partial charge in [-0.25, -0.2) is 13.4 Å². The van der Waals surface area contributed by atoms with Crippen molar-refractivity contribution >= 4 is 44.0 Å². The van der Waals surface area contributed by atoms with Crippen LogP contribution in [0, 0.1) is 0 Å². The minimum absolute atomic E-state index is 0.00195. The number of carbonyl (C=O) groups excluding carboxylic acids is 2. The van der Waals surface area contributed by atoms with E-state index < -0.39 is 27.6 Å². The molecule has 0 saturated carbocycles. The number of fused-ring (bicyclic) bond motifs is 1. The monoisotopic (exact) mass is 485 g/mol. The summed E-state index contributed by atoms with van der Waals surface area (Å²) in [6.45, 7) is 0.444. The Hall–Kier alpha value is -4.04. The molecule has 0 bridgehead atoms. The van der Waals surface area contributed by atoms with Crippen molar-refractivity contribution in [3.05, 3.63) is 96.7 Å². The number of aryl methyl sites for hydroxylation is 1. The van der Waals surface area contributed by atoms with Crippen LogP contribution in [0.1, 0.15) is 17.9 Å². The van der Waals surface area contributed by atoms with Crippen molar-refractivity contribution < 1.29 is 18.0 Å². The van der Waals surface area contributed by atoms with Gasteiger partial charge in [-0.05, 0) is 42.3 Å². The second-order valence-corrected chi connectivity index (χ2v) is 10.5. The summed E-state index contributed by atoms with van der Waals surface area (Å²) in [5, 5.41) is 3.22. The Morgan fingerprint density at radius 3 is 2.26 bits per heavy atom. The van der Waals surface area contributed by atoms with Gasteiger partial charge in [0.05, 0.1) is 16.3 Å². The summed E-state index contributed by atoms with van der Waals surface area (Å²) in [6, 6.07) is 25.0. The molecule has 0 radical (unpaired) electrons. The zero-order chi connectivity index (χ0) is 24.4. The third-order valence-electron chi connectivity index (χ3n) is 6.06. The second kappa shape index (κ2) is 9.31. The molecular formula is C27H23N3O4S. The Labute approximate surface area is 203 Å². The highest BCUT2D eigenvalue weighted by molar-refractivity contribution is 7.91. The van der Waals surface area contributed by atoms with E-state index in [1.54, 1.807) is 42.5 Å². The molecule has 1 saturated heterocycles. The molecule has 8 heteroatoms. The molecule has 4 aromatic rings. The van der Waals surface area contributed by atoms with Gasteiger partial charge >= 0.3 is 0 Å². The summed E-state index contributed by atoms with van der Waals surface area (Å²) in [4.78, 5) is 30.2. The van der Waals surface area contributed by atoms with E-state index in [0.717, 1.165) is 10.9 Å². The lowest BCUT2D eigenvalue weighted by Crippen LogP contribution is -2.22. The number of benzene rings is 3. The van der Waals surface area contributed by atoms with E-state index in [1.165, 1.54) is 0 Å². The molecule has 1 aromatic heterocycles. The molecule has 1 aliphatic heterocycles. The van der Waals surface area contributed by atoms with Crippen molar-refractivity contribution in [2.45, 2.75) is 23.8 Å². The second-order valence-electron chi connectivity index (χ2n) is 8.36. The molecule has 1 atom stereocenters. The number of carbonyl (C=O) groups is 2. The predicted octanol–water partition coefficient (Wildman–Crippen LogP) is 4.02. The number of nitrogens with one attached hydrogen (secondary N) is 1. The van der Waals surface area contributed by atoms with E-state index in [0.29, 0.717) is 29.1 Å². The molecule has 2 heterocycles. The first-order valence-electron chi connectivity index (χ1n) is 11.3. The molecule has 7 nitrogen and oxygen atoms in total. The van der Waals surface area contributed by atoms with E-state index in [9.17, 15) is 18.0 Å². The molecule has 1 fully saturated rings. The van der Waals surface area contributed by atoms with Gasteiger partial charge in [-0.1, -0.05) is 54.6 Å². The van der Waals surface area contributed by atoms with E-state index >= 15 is 0 Å². The minimum Gasteiger partial charge on any atom is -0.347 e. The molecular weight excluding hydrogens is 462 g/mol. The smallest absolute Gasteiger partial charge is 0.273 e. The number of imide groups is 1. The molecule has 2 amide bonds. The maximum atomic E-state index is 12.8. The Morgan fingerprint density at radius 1 is 0.857 bits per heavy atom. The van der Waals surface area contributed by atoms with Crippen molar-refractivity contribution in [3.8, 4) is 0 Å². The highest BCUT2D eigenvalue weighted by Crippen LogP contribution is 2.33. The molecule has 0 aliphatic carbocycles. The number of nitrogens with zero attached hydrogens (tertiary/aromatic N) is 2. The summed E-state index contributed by atoms with van der Waals surface area (Å²) in [7, 11) is -3.39. The van der Waals surface area contributed by atoms with Crippen molar-refractivity contribution in [2.75, 3.05) is 5.75 Å². The van der Waals surface area contributed by atoms with Crippen LogP contribution in [0.2, 0.25) is 0 Å². The van der Waals surface area contributed by atoms with Crippen LogP contribution in [0.15, 0.2) is 101 Å². The van der Waals surface area contributed by atoms with Gasteiger partial charge < -0.3 is 4.57 Å². The first-order valence-corrected chi connectivity index (χ1v) is 12.9. The van der Waals surface area contributed by atoms with Crippen LogP contribution in [-0.4, -0.2) is 36.3 Å². The first kappa shape index (κ1) is 22.7. The first-order chi connectivity index (χ1) is 16.9. The molecule has 35 heavy (non-hydrogen) atoms. The molecule has 176 valence electrons. The number of rotatable bonds is 7. The normalized spacial score (nSPS) is 17.3. The Balaban J connectivity index is 1.46. The quantitative estimate of drug-likeness (QED) is 0.400. The Kier molecular flexibility index (Phi) is 6.05. The molecule has 1 aliphatic rings. The number of hydrogen-bond acceptors (Lipinski definition) is 5. The lowest BCUT2D eigenvalue weighted by Gasteiger charge is -2.07. The van der Waals surface area contributed by atoms with Gasteiger partial charge in [-0.2, -0.15) is 0 Å². The molecule has 0 spiro atoms. The summed E-state index contributed by atoms with van der Waals surface area (Å²) in [5.41, 5.74) is 2.28. The standard InChI is InChI=1S/C27H23N3O4S/c31-26-24(25(27(32)29-26)28-19-10-3-1-4-11-19)22-18-30(23-15-8-7-14-21(22)23)16-9-17-35(33,34)20-12-5-2-6-13-20/h1-8,10-15,18,24H,9,16-17H2,(H,29,31,32). The van der Waals surface area contributed by atoms with Gasteiger partial charge in [0.25, 0.3) is 5.91 Å². The fraction of sp³-hybridized carbons (Fsp3) is 0.148. The van der Waals surface area contributed by atoms with E-state index in [4.69, 9.17) is 0 Å². The van der Waals surface area contributed by atoms with Crippen molar-refractivity contribution in [1.29, 1.82) is 0 Å². The molecule has 3 aromatic carbocycles. The maximum absolute atomic E-state index is 12.8. The Morgan fingerprint density at radius 2 is 1.51 bits per heavy atom. The highest BCUT2D eigenvalue weighted by Gasteiger charge is 2.40. The number of amides is 2. The fourth-order valence-electron chi connectivity index (χ4n) is 4.41. The van der Waals surface area contributed by atoms with E-state index in [2.05, 4.69) is 10.3 Å². The largest absolute Gasteiger partial charge is 0.347 e. The molecule has 1 unspecified atom stereocenters. The number of sulfone groups is 1. The zero-order valence-corrected chi connectivity index (χ0v) is 19.6. The van der Waals surface area contributed by atoms with Gasteiger partial charge in [0.15, 0.2) is 9.84 Å². The SMILES string of the molecule is O=C1NC(=O)C(c2cn(CCCS(=O)(=O)c3ccccc3)c3ccccc23)C1=Nc1ccccc1. The van der Waals surface area contributed by atoms with Crippen LogP contribution in [0.4, 0.5) is 5.69 Å². The van der Waals surface area contributed by atoms with E-state index in [1.807, 2.05) is 53.2 Å². The van der Waals surface area contributed by atoms with Crippen LogP contribution in [0.3, 0.4) is 0 Å². The van der Waals surface area contributed by atoms with Crippen molar-refractivity contribution in [3.63, 3.8) is 0 Å². The fourth-order valence-corrected chi connectivity index (χ4v) is 5.73. The average Bonchev–Trinajstić information content (AvgIpc) is 3.36. The lowest BCUT2D eigenvalue weighted by molar-refractivity contribution is -0.124.